The van der Waals surface area contributed by atoms with E-state index >= 15 is 0 Å². The molecular formula is C9H8Cl2N2O2. The van der Waals surface area contributed by atoms with Gasteiger partial charge in [0.2, 0.25) is 5.91 Å². The average molecular weight is 247 g/mol. The smallest absolute Gasteiger partial charge is 0.229 e. The number of amides is 1. The SMILES string of the molecule is O=C1CC(O)CN1c1cc(Cl)cnc1Cl. The van der Waals surface area contributed by atoms with Gasteiger partial charge < -0.3 is 10.0 Å². The lowest BCUT2D eigenvalue weighted by molar-refractivity contribution is -0.117. The number of hydrogen-bond acceptors (Lipinski definition) is 3. The van der Waals surface area contributed by atoms with Crippen LogP contribution in [0.2, 0.25) is 10.2 Å². The predicted octanol–water partition coefficient (Wildman–Crippen LogP) is 1.49. The maximum Gasteiger partial charge on any atom is 0.229 e. The molecule has 1 aromatic heterocycles. The fourth-order valence-electron chi connectivity index (χ4n) is 1.52. The van der Waals surface area contributed by atoms with Crippen molar-refractivity contribution in [3.63, 3.8) is 0 Å². The Morgan fingerprint density at radius 1 is 1.53 bits per heavy atom. The lowest BCUT2D eigenvalue weighted by Gasteiger charge is -2.16. The summed E-state index contributed by atoms with van der Waals surface area (Å²) < 4.78 is 0. The largest absolute Gasteiger partial charge is 0.391 e. The molecule has 0 radical (unpaired) electrons. The number of carbonyl (C=O) groups is 1. The van der Waals surface area contributed by atoms with Gasteiger partial charge in [-0.2, -0.15) is 0 Å². The van der Waals surface area contributed by atoms with Gasteiger partial charge in [-0.1, -0.05) is 23.2 Å². The average Bonchev–Trinajstić information content (AvgIpc) is 2.50. The van der Waals surface area contributed by atoms with Gasteiger partial charge in [-0.05, 0) is 6.07 Å². The number of rotatable bonds is 1. The molecule has 0 bridgehead atoms. The van der Waals surface area contributed by atoms with Crippen LogP contribution in [0.1, 0.15) is 6.42 Å². The third kappa shape index (κ3) is 2.07. The first kappa shape index (κ1) is 10.7. The molecule has 80 valence electrons. The Morgan fingerprint density at radius 3 is 2.87 bits per heavy atom. The highest BCUT2D eigenvalue weighted by molar-refractivity contribution is 6.34. The van der Waals surface area contributed by atoms with Gasteiger partial charge in [0.1, 0.15) is 0 Å². The van der Waals surface area contributed by atoms with E-state index in [0.29, 0.717) is 10.7 Å². The number of aliphatic hydroxyl groups is 1. The molecule has 1 fully saturated rings. The zero-order valence-electron chi connectivity index (χ0n) is 7.65. The second-order valence-corrected chi connectivity index (χ2v) is 4.12. The highest BCUT2D eigenvalue weighted by Crippen LogP contribution is 2.29. The van der Waals surface area contributed by atoms with Crippen LogP contribution in [0.4, 0.5) is 5.69 Å². The summed E-state index contributed by atoms with van der Waals surface area (Å²) in [4.78, 5) is 16.7. The van der Waals surface area contributed by atoms with Crippen LogP contribution in [0.15, 0.2) is 12.3 Å². The highest BCUT2D eigenvalue weighted by Gasteiger charge is 2.30. The standard InChI is InChI=1S/C9H8Cl2N2O2/c10-5-1-7(9(11)12-3-5)13-4-6(14)2-8(13)15/h1,3,6,14H,2,4H2. The quantitative estimate of drug-likeness (QED) is 0.765. The van der Waals surface area contributed by atoms with Crippen LogP contribution in [0.25, 0.3) is 0 Å². The number of hydrogen-bond donors (Lipinski definition) is 1. The van der Waals surface area contributed by atoms with Crippen molar-refractivity contribution in [3.05, 3.63) is 22.4 Å². The first-order valence-corrected chi connectivity index (χ1v) is 5.13. The van der Waals surface area contributed by atoms with Crippen LogP contribution in [0.3, 0.4) is 0 Å². The van der Waals surface area contributed by atoms with Gasteiger partial charge in [0, 0.05) is 6.20 Å². The Balaban J connectivity index is 2.37. The van der Waals surface area contributed by atoms with E-state index in [4.69, 9.17) is 23.2 Å². The molecule has 0 aromatic carbocycles. The van der Waals surface area contributed by atoms with Gasteiger partial charge in [-0.3, -0.25) is 4.79 Å². The van der Waals surface area contributed by atoms with Gasteiger partial charge in [0.25, 0.3) is 0 Å². The molecule has 15 heavy (non-hydrogen) atoms. The number of nitrogens with zero attached hydrogens (tertiary/aromatic N) is 2. The summed E-state index contributed by atoms with van der Waals surface area (Å²) in [5, 5.41) is 9.95. The molecule has 2 heterocycles. The minimum Gasteiger partial charge on any atom is -0.391 e. The van der Waals surface area contributed by atoms with Crippen molar-refractivity contribution in [1.82, 2.24) is 4.98 Å². The van der Waals surface area contributed by atoms with Gasteiger partial charge in [0.15, 0.2) is 5.15 Å². The van der Waals surface area contributed by atoms with Crippen molar-refractivity contribution in [1.29, 1.82) is 0 Å². The molecule has 1 aromatic rings. The van der Waals surface area contributed by atoms with Crippen LogP contribution >= 0.6 is 23.2 Å². The molecule has 1 unspecified atom stereocenters. The first-order chi connectivity index (χ1) is 7.08. The number of halogens is 2. The molecule has 1 saturated heterocycles. The van der Waals surface area contributed by atoms with Crippen LogP contribution in [-0.2, 0) is 4.79 Å². The third-order valence-corrected chi connectivity index (χ3v) is 2.68. The van der Waals surface area contributed by atoms with Crippen molar-refractivity contribution in [2.75, 3.05) is 11.4 Å². The number of pyridine rings is 1. The zero-order chi connectivity index (χ0) is 11.0. The molecule has 1 aliphatic heterocycles. The topological polar surface area (TPSA) is 53.4 Å². The van der Waals surface area contributed by atoms with E-state index in [2.05, 4.69) is 4.98 Å². The number of β-amino-alcohol motifs (C(OH)–C–C–N with tert-alkyl or cyclic N) is 1. The van der Waals surface area contributed by atoms with Crippen LogP contribution in [0, 0.1) is 0 Å². The minimum atomic E-state index is -0.646. The molecule has 1 aliphatic rings. The Morgan fingerprint density at radius 2 is 2.27 bits per heavy atom. The summed E-state index contributed by atoms with van der Waals surface area (Å²) in [5.74, 6) is -0.173. The second kappa shape index (κ2) is 3.96. The Bertz CT molecular complexity index is 411. The Hall–Kier alpha value is -0.840. The van der Waals surface area contributed by atoms with Crippen LogP contribution < -0.4 is 4.90 Å². The van der Waals surface area contributed by atoms with Crippen molar-refractivity contribution in [3.8, 4) is 0 Å². The molecular weight excluding hydrogens is 239 g/mol. The Kier molecular flexibility index (Phi) is 2.82. The predicted molar refractivity (Wildman–Crippen MR) is 57.2 cm³/mol. The number of anilines is 1. The van der Waals surface area contributed by atoms with E-state index in [1.54, 1.807) is 6.07 Å². The fraction of sp³-hybridized carbons (Fsp3) is 0.333. The summed E-state index contributed by atoms with van der Waals surface area (Å²) in [6.07, 6.45) is 0.875. The van der Waals surface area contributed by atoms with E-state index in [1.807, 2.05) is 0 Å². The molecule has 1 atom stereocenters. The van der Waals surface area contributed by atoms with Gasteiger partial charge in [0.05, 0.1) is 29.8 Å². The number of aliphatic hydroxyl groups excluding tert-OH is 1. The molecule has 0 spiro atoms. The van der Waals surface area contributed by atoms with Crippen molar-refractivity contribution in [2.45, 2.75) is 12.5 Å². The maximum absolute atomic E-state index is 11.5. The van der Waals surface area contributed by atoms with E-state index < -0.39 is 6.10 Å². The maximum atomic E-state index is 11.5. The Labute approximate surface area is 96.4 Å². The molecule has 1 amide bonds. The summed E-state index contributed by atoms with van der Waals surface area (Å²) in [6.45, 7) is 0.237. The van der Waals surface area contributed by atoms with Crippen molar-refractivity contribution in [2.24, 2.45) is 0 Å². The summed E-state index contributed by atoms with van der Waals surface area (Å²) in [7, 11) is 0. The van der Waals surface area contributed by atoms with Gasteiger partial charge >= 0.3 is 0 Å². The molecule has 0 aliphatic carbocycles. The summed E-state index contributed by atoms with van der Waals surface area (Å²) in [5.41, 5.74) is 0.450. The summed E-state index contributed by atoms with van der Waals surface area (Å²) in [6, 6.07) is 1.56. The third-order valence-electron chi connectivity index (χ3n) is 2.18. The molecule has 0 saturated carbocycles. The molecule has 1 N–H and O–H groups in total. The molecule has 2 rings (SSSR count). The normalized spacial score (nSPS) is 21.1. The van der Waals surface area contributed by atoms with Crippen LogP contribution in [0.5, 0.6) is 0 Å². The van der Waals surface area contributed by atoms with E-state index in [9.17, 15) is 9.90 Å². The van der Waals surface area contributed by atoms with E-state index in [0.717, 1.165) is 0 Å². The number of carbonyl (C=O) groups excluding carboxylic acids is 1. The highest BCUT2D eigenvalue weighted by atomic mass is 35.5. The fourth-order valence-corrected chi connectivity index (χ4v) is 1.88. The van der Waals surface area contributed by atoms with E-state index in [-0.39, 0.29) is 24.0 Å². The van der Waals surface area contributed by atoms with E-state index in [1.165, 1.54) is 11.1 Å². The summed E-state index contributed by atoms with van der Waals surface area (Å²) >= 11 is 11.6. The lowest BCUT2D eigenvalue weighted by atomic mass is 10.3. The lowest BCUT2D eigenvalue weighted by Crippen LogP contribution is -2.25. The zero-order valence-corrected chi connectivity index (χ0v) is 9.16. The number of aromatic nitrogens is 1. The first-order valence-electron chi connectivity index (χ1n) is 4.37. The van der Waals surface area contributed by atoms with Gasteiger partial charge in [-0.15, -0.1) is 0 Å². The van der Waals surface area contributed by atoms with Crippen molar-refractivity contribution >= 4 is 34.8 Å². The minimum absolute atomic E-state index is 0.114. The molecule has 6 heteroatoms. The van der Waals surface area contributed by atoms with Gasteiger partial charge in [-0.25, -0.2) is 4.98 Å². The monoisotopic (exact) mass is 246 g/mol. The van der Waals surface area contributed by atoms with Crippen molar-refractivity contribution < 1.29 is 9.90 Å². The van der Waals surface area contributed by atoms with Crippen LogP contribution in [-0.4, -0.2) is 28.6 Å². The molecule has 4 nitrogen and oxygen atoms in total. The second-order valence-electron chi connectivity index (χ2n) is 3.33.